The third-order valence-corrected chi connectivity index (χ3v) is 5.16. The normalized spacial score (nSPS) is 25.3. The predicted molar refractivity (Wildman–Crippen MR) is 85.4 cm³/mol. The minimum absolute atomic E-state index is 0.0339. The molecule has 1 saturated carbocycles. The molecule has 0 unspecified atom stereocenters. The topological polar surface area (TPSA) is 58.2 Å². The van der Waals surface area contributed by atoms with E-state index < -0.39 is 0 Å². The first-order valence-electron chi connectivity index (χ1n) is 7.67. The van der Waals surface area contributed by atoms with E-state index in [0.29, 0.717) is 30.4 Å². The summed E-state index contributed by atoms with van der Waals surface area (Å²) in [7, 11) is 0. The summed E-state index contributed by atoms with van der Waals surface area (Å²) in [5.41, 5.74) is 0.662. The molecule has 1 heterocycles. The van der Waals surface area contributed by atoms with Crippen molar-refractivity contribution in [1.82, 2.24) is 10.6 Å². The van der Waals surface area contributed by atoms with Crippen molar-refractivity contribution < 1.29 is 9.59 Å². The number of hydrogen-bond donors (Lipinski definition) is 2. The largest absolute Gasteiger partial charge is 0.353 e. The van der Waals surface area contributed by atoms with Crippen LogP contribution in [0.3, 0.4) is 0 Å². The molecule has 0 spiro atoms. The summed E-state index contributed by atoms with van der Waals surface area (Å²) in [5.74, 6) is 1.13. The number of thiophene rings is 1. The molecule has 1 aromatic rings. The molecule has 2 amide bonds. The number of nitrogens with one attached hydrogen (secondary N) is 2. The average Bonchev–Trinajstić information content (AvgIpc) is 2.98. The molecular weight excluding hydrogens is 284 g/mol. The van der Waals surface area contributed by atoms with Crippen LogP contribution in [0.15, 0.2) is 16.8 Å². The van der Waals surface area contributed by atoms with Crippen molar-refractivity contribution in [2.24, 2.45) is 11.8 Å². The van der Waals surface area contributed by atoms with Crippen molar-refractivity contribution in [3.05, 3.63) is 22.4 Å². The van der Waals surface area contributed by atoms with Crippen LogP contribution in [0.1, 0.15) is 49.9 Å². The van der Waals surface area contributed by atoms with E-state index >= 15 is 0 Å². The number of carbonyl (C=O) groups is 2. The molecule has 0 aliphatic heterocycles. The quantitative estimate of drug-likeness (QED) is 0.879. The zero-order valence-corrected chi connectivity index (χ0v) is 13.5. The molecule has 2 rings (SSSR count). The van der Waals surface area contributed by atoms with Gasteiger partial charge in [0.2, 0.25) is 5.91 Å². The lowest BCUT2D eigenvalue weighted by Gasteiger charge is -2.34. The van der Waals surface area contributed by atoms with E-state index in [2.05, 4.69) is 24.5 Å². The highest BCUT2D eigenvalue weighted by molar-refractivity contribution is 7.08. The molecule has 0 radical (unpaired) electrons. The number of rotatable bonds is 5. The smallest absolute Gasteiger partial charge is 0.252 e. The maximum absolute atomic E-state index is 12.0. The van der Waals surface area contributed by atoms with Crippen molar-refractivity contribution in [3.8, 4) is 0 Å². The summed E-state index contributed by atoms with van der Waals surface area (Å²) < 4.78 is 0. The van der Waals surface area contributed by atoms with Crippen molar-refractivity contribution >= 4 is 23.2 Å². The highest BCUT2D eigenvalue weighted by Crippen LogP contribution is 2.29. The van der Waals surface area contributed by atoms with Gasteiger partial charge in [-0.2, -0.15) is 11.3 Å². The minimum Gasteiger partial charge on any atom is -0.353 e. The second-order valence-corrected chi connectivity index (χ2v) is 6.74. The Morgan fingerprint density at radius 1 is 1.33 bits per heavy atom. The second-order valence-electron chi connectivity index (χ2n) is 5.96. The molecule has 4 nitrogen and oxygen atoms in total. The summed E-state index contributed by atoms with van der Waals surface area (Å²) in [4.78, 5) is 23.7. The SMILES string of the molecule is C[C@@H]1[C@H](C)CCC[C@H]1NC(=O)CCNC(=O)c1ccsc1. The van der Waals surface area contributed by atoms with E-state index in [9.17, 15) is 9.59 Å². The van der Waals surface area contributed by atoms with Crippen molar-refractivity contribution in [2.75, 3.05) is 6.54 Å². The summed E-state index contributed by atoms with van der Waals surface area (Å²) >= 11 is 1.49. The molecule has 21 heavy (non-hydrogen) atoms. The summed E-state index contributed by atoms with van der Waals surface area (Å²) in [6.45, 7) is 4.86. The lowest BCUT2D eigenvalue weighted by molar-refractivity contribution is -0.122. The first-order valence-corrected chi connectivity index (χ1v) is 8.62. The fourth-order valence-electron chi connectivity index (χ4n) is 2.85. The maximum atomic E-state index is 12.0. The van der Waals surface area contributed by atoms with Crippen LogP contribution in [-0.2, 0) is 4.79 Å². The van der Waals surface area contributed by atoms with Gasteiger partial charge in [0.25, 0.3) is 5.91 Å². The van der Waals surface area contributed by atoms with Gasteiger partial charge in [-0.3, -0.25) is 9.59 Å². The number of hydrogen-bond acceptors (Lipinski definition) is 3. The molecule has 3 atom stereocenters. The van der Waals surface area contributed by atoms with Crippen LogP contribution in [-0.4, -0.2) is 24.4 Å². The van der Waals surface area contributed by atoms with Crippen molar-refractivity contribution in [2.45, 2.75) is 45.6 Å². The molecule has 116 valence electrons. The van der Waals surface area contributed by atoms with Crippen LogP contribution < -0.4 is 10.6 Å². The van der Waals surface area contributed by atoms with Gasteiger partial charge in [0, 0.05) is 30.0 Å². The predicted octanol–water partition coefficient (Wildman–Crippen LogP) is 2.81. The van der Waals surface area contributed by atoms with Gasteiger partial charge < -0.3 is 10.6 Å². The van der Waals surface area contributed by atoms with Gasteiger partial charge in [-0.25, -0.2) is 0 Å². The van der Waals surface area contributed by atoms with Gasteiger partial charge in [-0.1, -0.05) is 26.7 Å². The molecule has 0 bridgehead atoms. The van der Waals surface area contributed by atoms with Crippen LogP contribution in [0.4, 0.5) is 0 Å². The van der Waals surface area contributed by atoms with E-state index in [1.165, 1.54) is 24.2 Å². The first-order chi connectivity index (χ1) is 10.1. The van der Waals surface area contributed by atoms with Crippen LogP contribution in [0.2, 0.25) is 0 Å². The van der Waals surface area contributed by atoms with E-state index in [4.69, 9.17) is 0 Å². The zero-order valence-electron chi connectivity index (χ0n) is 12.7. The fraction of sp³-hybridized carbons (Fsp3) is 0.625. The van der Waals surface area contributed by atoms with Crippen LogP contribution >= 0.6 is 11.3 Å². The molecular formula is C16H24N2O2S. The van der Waals surface area contributed by atoms with Crippen molar-refractivity contribution in [1.29, 1.82) is 0 Å². The Bertz CT molecular complexity index is 473. The Labute approximate surface area is 130 Å². The Hall–Kier alpha value is -1.36. The average molecular weight is 308 g/mol. The maximum Gasteiger partial charge on any atom is 0.252 e. The van der Waals surface area contributed by atoms with Gasteiger partial charge in [0.1, 0.15) is 0 Å². The van der Waals surface area contributed by atoms with E-state index in [1.54, 1.807) is 11.4 Å². The molecule has 1 aliphatic carbocycles. The summed E-state index contributed by atoms with van der Waals surface area (Å²) in [6, 6.07) is 2.07. The molecule has 1 fully saturated rings. The van der Waals surface area contributed by atoms with Gasteiger partial charge in [-0.15, -0.1) is 0 Å². The lowest BCUT2D eigenvalue weighted by atomic mass is 9.78. The molecule has 1 aliphatic rings. The summed E-state index contributed by atoms with van der Waals surface area (Å²) in [5, 5.41) is 9.57. The molecule has 2 N–H and O–H groups in total. The first kappa shape index (κ1) is 16.0. The van der Waals surface area contributed by atoms with Crippen LogP contribution in [0.5, 0.6) is 0 Å². The van der Waals surface area contributed by atoms with Gasteiger partial charge in [0.05, 0.1) is 0 Å². The second kappa shape index (κ2) is 7.59. The third-order valence-electron chi connectivity index (χ3n) is 4.47. The fourth-order valence-corrected chi connectivity index (χ4v) is 3.49. The molecule has 1 aromatic heterocycles. The lowest BCUT2D eigenvalue weighted by Crippen LogP contribution is -2.44. The number of amides is 2. The van der Waals surface area contributed by atoms with Crippen LogP contribution in [0, 0.1) is 11.8 Å². The molecule has 0 aromatic carbocycles. The highest BCUT2D eigenvalue weighted by atomic mass is 32.1. The van der Waals surface area contributed by atoms with Gasteiger partial charge in [-0.05, 0) is 29.7 Å². The van der Waals surface area contributed by atoms with Gasteiger partial charge >= 0.3 is 0 Å². The summed E-state index contributed by atoms with van der Waals surface area (Å²) in [6.07, 6.45) is 3.85. The zero-order chi connectivity index (χ0) is 15.2. The molecule has 0 saturated heterocycles. The highest BCUT2D eigenvalue weighted by Gasteiger charge is 2.27. The Morgan fingerprint density at radius 3 is 2.86 bits per heavy atom. The van der Waals surface area contributed by atoms with Gasteiger partial charge in [0.15, 0.2) is 0 Å². The van der Waals surface area contributed by atoms with E-state index in [1.807, 2.05) is 5.38 Å². The third kappa shape index (κ3) is 4.56. The van der Waals surface area contributed by atoms with Crippen molar-refractivity contribution in [3.63, 3.8) is 0 Å². The van der Waals surface area contributed by atoms with Crippen LogP contribution in [0.25, 0.3) is 0 Å². The monoisotopic (exact) mass is 308 g/mol. The number of carbonyl (C=O) groups excluding carboxylic acids is 2. The Morgan fingerprint density at radius 2 is 2.14 bits per heavy atom. The van der Waals surface area contributed by atoms with E-state index in [0.717, 1.165) is 6.42 Å². The van der Waals surface area contributed by atoms with E-state index in [-0.39, 0.29) is 17.9 Å². The molecule has 5 heteroatoms. The Balaban J connectivity index is 1.69. The minimum atomic E-state index is -0.108. The standard InChI is InChI=1S/C16H24N2O2S/c1-11-4-3-5-14(12(11)2)18-15(19)6-8-17-16(20)13-7-9-21-10-13/h7,9-12,14H,3-6,8H2,1-2H3,(H,17,20)(H,18,19)/t11-,12-,14-/m1/s1. The Kier molecular flexibility index (Phi) is 5.79.